The van der Waals surface area contributed by atoms with Crippen molar-refractivity contribution in [2.45, 2.75) is 37.7 Å². The average molecular weight is 281 g/mol. The van der Waals surface area contributed by atoms with E-state index in [1.54, 1.807) is 4.16 Å². The number of hydrogen-bond donors (Lipinski definition) is 0. The standard InChI is InChI=1S/C12H13.2C2H5.Zn/c1-9(2)11-5-7-12(8-6-11)10(3)4;2*1-2;/h5-7H,1,3H2,2,4H3;2*1H2,2H3;. The fraction of sp³-hybridized carbons (Fsp3) is 0.375. The molecule has 0 saturated heterocycles. The first kappa shape index (κ1) is 14.4. The summed E-state index contributed by atoms with van der Waals surface area (Å²) >= 11 is -1.54. The van der Waals surface area contributed by atoms with E-state index < -0.39 is 16.0 Å². The SMILES string of the molecule is C=C(C)c1ccc(C(=C)C)[c]([Zn]([CH2]C)[CH2]C)c1. The van der Waals surface area contributed by atoms with Gasteiger partial charge in [-0.05, 0) is 0 Å². The molecule has 0 aliphatic heterocycles. The van der Waals surface area contributed by atoms with E-state index in [2.05, 4.69) is 59.1 Å². The first-order valence-corrected chi connectivity index (χ1v) is 12.4. The van der Waals surface area contributed by atoms with Gasteiger partial charge in [-0.15, -0.1) is 0 Å². The van der Waals surface area contributed by atoms with Crippen molar-refractivity contribution < 1.29 is 16.0 Å². The molecular formula is C16H23Zn. The Morgan fingerprint density at radius 1 is 1.06 bits per heavy atom. The molecule has 0 N–H and O–H groups in total. The molecule has 0 bridgehead atoms. The molecule has 0 aromatic heterocycles. The Morgan fingerprint density at radius 2 is 1.65 bits per heavy atom. The first-order chi connectivity index (χ1) is 8.01. The van der Waals surface area contributed by atoms with Crippen LogP contribution in [0.25, 0.3) is 11.1 Å². The number of allylic oxidation sites excluding steroid dienone is 2. The van der Waals surface area contributed by atoms with Crippen molar-refractivity contribution in [2.24, 2.45) is 0 Å². The summed E-state index contributed by atoms with van der Waals surface area (Å²) in [5, 5.41) is 2.77. The van der Waals surface area contributed by atoms with Gasteiger partial charge in [0.25, 0.3) is 0 Å². The Labute approximate surface area is 111 Å². The molecular weight excluding hydrogens is 258 g/mol. The van der Waals surface area contributed by atoms with Gasteiger partial charge in [-0.1, -0.05) is 0 Å². The van der Waals surface area contributed by atoms with Crippen LogP contribution in [0.1, 0.15) is 38.8 Å². The summed E-state index contributed by atoms with van der Waals surface area (Å²) in [6.45, 7) is 17.1. The zero-order valence-electron chi connectivity index (χ0n) is 11.8. The second-order valence-electron chi connectivity index (χ2n) is 5.29. The second kappa shape index (κ2) is 6.31. The van der Waals surface area contributed by atoms with Crippen LogP contribution >= 0.6 is 0 Å². The third-order valence-electron chi connectivity index (χ3n) is 3.80. The van der Waals surface area contributed by atoms with Crippen LogP contribution < -0.4 is 4.16 Å². The molecule has 0 atom stereocenters. The van der Waals surface area contributed by atoms with Crippen molar-refractivity contribution in [3.63, 3.8) is 0 Å². The molecule has 0 heterocycles. The Bertz CT molecular complexity index is 425. The van der Waals surface area contributed by atoms with Gasteiger partial charge in [0, 0.05) is 0 Å². The van der Waals surface area contributed by atoms with Gasteiger partial charge >= 0.3 is 111 Å². The third kappa shape index (κ3) is 3.39. The molecule has 1 heteroatoms. The Hall–Kier alpha value is -0.677. The van der Waals surface area contributed by atoms with Crippen molar-refractivity contribution in [3.8, 4) is 0 Å². The molecule has 0 spiro atoms. The van der Waals surface area contributed by atoms with E-state index in [0.717, 1.165) is 5.57 Å². The first-order valence-electron chi connectivity index (χ1n) is 6.71. The quantitative estimate of drug-likeness (QED) is 0.675. The summed E-state index contributed by atoms with van der Waals surface area (Å²) in [5.74, 6) is 0. The predicted molar refractivity (Wildman–Crippen MR) is 76.5 cm³/mol. The summed E-state index contributed by atoms with van der Waals surface area (Å²) in [6, 6.07) is 6.82. The van der Waals surface area contributed by atoms with Gasteiger partial charge in [-0.2, -0.15) is 0 Å². The van der Waals surface area contributed by atoms with E-state index in [4.69, 9.17) is 0 Å². The van der Waals surface area contributed by atoms with Gasteiger partial charge in [0.15, 0.2) is 0 Å². The van der Waals surface area contributed by atoms with Gasteiger partial charge < -0.3 is 0 Å². The molecule has 0 aliphatic carbocycles. The van der Waals surface area contributed by atoms with E-state index in [9.17, 15) is 0 Å². The fourth-order valence-corrected chi connectivity index (χ4v) is 9.40. The van der Waals surface area contributed by atoms with Crippen molar-refractivity contribution in [1.82, 2.24) is 0 Å². The summed E-state index contributed by atoms with van der Waals surface area (Å²) in [5.41, 5.74) is 5.07. The summed E-state index contributed by atoms with van der Waals surface area (Å²) < 4.78 is 1.64. The zero-order chi connectivity index (χ0) is 13.0. The molecule has 89 valence electrons. The molecule has 0 radical (unpaired) electrons. The molecule has 0 fully saturated rings. The van der Waals surface area contributed by atoms with E-state index in [0.29, 0.717) is 0 Å². The van der Waals surface area contributed by atoms with Crippen LogP contribution in [-0.4, -0.2) is 0 Å². The summed E-state index contributed by atoms with van der Waals surface area (Å²) in [7, 11) is 0. The van der Waals surface area contributed by atoms with Gasteiger partial charge in [0.1, 0.15) is 0 Å². The maximum atomic E-state index is 4.12. The molecule has 0 aliphatic rings. The molecule has 0 saturated carbocycles. The molecule has 0 amide bonds. The minimum atomic E-state index is -1.54. The second-order valence-corrected chi connectivity index (χ2v) is 14.7. The van der Waals surface area contributed by atoms with Crippen LogP contribution in [0.3, 0.4) is 0 Å². The van der Waals surface area contributed by atoms with E-state index in [1.807, 2.05) is 0 Å². The number of hydrogen-bond acceptors (Lipinski definition) is 0. The maximum absolute atomic E-state index is 4.12. The van der Waals surface area contributed by atoms with E-state index in [-0.39, 0.29) is 0 Å². The van der Waals surface area contributed by atoms with Crippen molar-refractivity contribution in [2.75, 3.05) is 0 Å². The monoisotopic (exact) mass is 279 g/mol. The summed E-state index contributed by atoms with van der Waals surface area (Å²) in [4.78, 5) is 0. The normalized spacial score (nSPS) is 10.1. The minimum absolute atomic E-state index is 1.16. The van der Waals surface area contributed by atoms with Gasteiger partial charge in [0.05, 0.1) is 0 Å². The zero-order valence-corrected chi connectivity index (χ0v) is 14.7. The van der Waals surface area contributed by atoms with E-state index >= 15 is 0 Å². The molecule has 1 rings (SSSR count). The van der Waals surface area contributed by atoms with Crippen LogP contribution in [0, 0.1) is 0 Å². The van der Waals surface area contributed by atoms with Gasteiger partial charge in [-0.25, -0.2) is 0 Å². The van der Waals surface area contributed by atoms with Crippen molar-refractivity contribution in [3.05, 3.63) is 42.5 Å². The van der Waals surface area contributed by atoms with Crippen molar-refractivity contribution in [1.29, 1.82) is 0 Å². The van der Waals surface area contributed by atoms with E-state index in [1.165, 1.54) is 26.7 Å². The van der Waals surface area contributed by atoms with Crippen molar-refractivity contribution >= 4 is 15.3 Å². The average Bonchev–Trinajstić information content (AvgIpc) is 2.30. The molecule has 0 unspecified atom stereocenters. The van der Waals surface area contributed by atoms with Crippen LogP contribution in [0.2, 0.25) is 10.0 Å². The molecule has 0 nitrogen and oxygen atoms in total. The van der Waals surface area contributed by atoms with Crippen LogP contribution in [0.5, 0.6) is 0 Å². The summed E-state index contributed by atoms with van der Waals surface area (Å²) in [6.07, 6.45) is 0. The van der Waals surface area contributed by atoms with Gasteiger partial charge in [0.2, 0.25) is 0 Å². The van der Waals surface area contributed by atoms with Gasteiger partial charge in [-0.3, -0.25) is 0 Å². The van der Waals surface area contributed by atoms with Crippen LogP contribution in [-0.2, 0) is 16.0 Å². The number of rotatable bonds is 5. The predicted octanol–water partition coefficient (Wildman–Crippen LogP) is 4.87. The third-order valence-corrected chi connectivity index (χ3v) is 12.4. The Morgan fingerprint density at radius 3 is 2.06 bits per heavy atom. The molecule has 1 aromatic carbocycles. The van der Waals surface area contributed by atoms with Crippen LogP contribution in [0.15, 0.2) is 31.4 Å². The Balaban J connectivity index is 3.34. The molecule has 17 heavy (non-hydrogen) atoms. The number of benzene rings is 1. The topological polar surface area (TPSA) is 0 Å². The van der Waals surface area contributed by atoms with Crippen LogP contribution in [0.4, 0.5) is 0 Å². The fourth-order valence-electron chi connectivity index (χ4n) is 2.58. The Kier molecular flexibility index (Phi) is 5.34. The molecule has 1 aromatic rings.